The molecule has 0 N–H and O–H groups in total. The van der Waals surface area contributed by atoms with Crippen LogP contribution in [0.25, 0.3) is 5.57 Å². The molecule has 0 bridgehead atoms. The van der Waals surface area contributed by atoms with E-state index in [-0.39, 0.29) is 0 Å². The zero-order valence-electron chi connectivity index (χ0n) is 11.1. The van der Waals surface area contributed by atoms with E-state index in [9.17, 15) is 0 Å². The summed E-state index contributed by atoms with van der Waals surface area (Å²) in [5.41, 5.74) is 2.63. The first-order valence-corrected chi connectivity index (χ1v) is 7.27. The predicted octanol–water partition coefficient (Wildman–Crippen LogP) is 4.29. The number of allylic oxidation sites excluding steroid dienone is 1. The third-order valence-electron chi connectivity index (χ3n) is 3.49. The van der Waals surface area contributed by atoms with Crippen molar-refractivity contribution < 1.29 is 0 Å². The molecule has 96 valence electrons. The van der Waals surface area contributed by atoms with Gasteiger partial charge in [-0.2, -0.15) is 0 Å². The van der Waals surface area contributed by atoms with Gasteiger partial charge in [0.05, 0.1) is 0 Å². The molecule has 0 amide bonds. The van der Waals surface area contributed by atoms with Gasteiger partial charge in [-0.1, -0.05) is 49.5 Å². The Morgan fingerprint density at radius 1 is 1.17 bits per heavy atom. The number of nitrogens with zero attached hydrogens (tertiary/aromatic N) is 1. The molecular weight excluding hydrogens is 238 g/mol. The normalized spacial score (nSPS) is 16.7. The highest BCUT2D eigenvalue weighted by Gasteiger charge is 2.12. The van der Waals surface area contributed by atoms with Gasteiger partial charge < -0.3 is 4.90 Å². The third-order valence-corrected chi connectivity index (χ3v) is 3.87. The summed E-state index contributed by atoms with van der Waals surface area (Å²) in [5.74, 6) is 0. The number of hydrogen-bond donors (Lipinski definition) is 0. The van der Waals surface area contributed by atoms with Crippen molar-refractivity contribution in [2.24, 2.45) is 0 Å². The number of hydrogen-bond acceptors (Lipinski definition) is 1. The topological polar surface area (TPSA) is 3.24 Å². The highest BCUT2D eigenvalue weighted by atomic mass is 32.1. The van der Waals surface area contributed by atoms with Crippen LogP contribution in [0.3, 0.4) is 0 Å². The standard InChI is InChI=1S/C16H21NS/c1-2-14(15-9-5-3-6-10-15)13-16(18)17-11-7-4-8-12-17/h3,5-6,9-10,13H,2,4,7-8,11-12H2,1H3/b14-13+. The van der Waals surface area contributed by atoms with Crippen LogP contribution in [0.2, 0.25) is 0 Å². The maximum atomic E-state index is 5.57. The Morgan fingerprint density at radius 2 is 1.83 bits per heavy atom. The summed E-state index contributed by atoms with van der Waals surface area (Å²) in [6.07, 6.45) is 7.12. The lowest BCUT2D eigenvalue weighted by atomic mass is 10.0. The SMILES string of the molecule is CC/C(=C\C(=S)N1CCCCC1)c1ccccc1. The van der Waals surface area contributed by atoms with E-state index in [0.717, 1.165) is 24.5 Å². The van der Waals surface area contributed by atoms with Crippen LogP contribution in [0.5, 0.6) is 0 Å². The van der Waals surface area contributed by atoms with E-state index >= 15 is 0 Å². The average molecular weight is 259 g/mol. The minimum atomic E-state index is 1.01. The molecule has 1 heterocycles. The molecule has 1 aromatic carbocycles. The van der Waals surface area contributed by atoms with E-state index in [1.807, 2.05) is 0 Å². The minimum absolute atomic E-state index is 1.01. The summed E-state index contributed by atoms with van der Waals surface area (Å²) in [4.78, 5) is 3.35. The molecule has 0 spiro atoms. The second-order valence-electron chi connectivity index (χ2n) is 4.78. The maximum Gasteiger partial charge on any atom is 0.102 e. The van der Waals surface area contributed by atoms with Gasteiger partial charge >= 0.3 is 0 Å². The van der Waals surface area contributed by atoms with Crippen LogP contribution < -0.4 is 0 Å². The Balaban J connectivity index is 2.11. The molecule has 1 saturated heterocycles. The van der Waals surface area contributed by atoms with Crippen LogP contribution >= 0.6 is 12.2 Å². The molecule has 0 radical (unpaired) electrons. The van der Waals surface area contributed by atoms with E-state index in [1.54, 1.807) is 0 Å². The van der Waals surface area contributed by atoms with Crippen LogP contribution in [0.4, 0.5) is 0 Å². The molecule has 2 rings (SSSR count). The van der Waals surface area contributed by atoms with Crippen molar-refractivity contribution in [1.29, 1.82) is 0 Å². The first kappa shape index (κ1) is 13.3. The summed E-state index contributed by atoms with van der Waals surface area (Å²) < 4.78 is 0. The smallest absolute Gasteiger partial charge is 0.102 e. The van der Waals surface area contributed by atoms with Crippen molar-refractivity contribution >= 4 is 22.8 Å². The third kappa shape index (κ3) is 3.42. The van der Waals surface area contributed by atoms with Gasteiger partial charge in [-0.25, -0.2) is 0 Å². The highest BCUT2D eigenvalue weighted by Crippen LogP contribution is 2.19. The molecule has 1 aliphatic rings. The molecule has 1 aliphatic heterocycles. The summed E-state index contributed by atoms with van der Waals surface area (Å²) in [7, 11) is 0. The fraction of sp³-hybridized carbons (Fsp3) is 0.438. The fourth-order valence-corrected chi connectivity index (χ4v) is 2.72. The van der Waals surface area contributed by atoms with Gasteiger partial charge in [-0.15, -0.1) is 0 Å². The molecule has 0 aliphatic carbocycles. The average Bonchev–Trinajstić information content (AvgIpc) is 2.46. The largest absolute Gasteiger partial charge is 0.363 e. The molecular formula is C16H21NS. The molecule has 1 nitrogen and oxygen atoms in total. The van der Waals surface area contributed by atoms with Crippen LogP contribution in [0.1, 0.15) is 38.2 Å². The fourth-order valence-electron chi connectivity index (χ4n) is 2.40. The molecule has 18 heavy (non-hydrogen) atoms. The van der Waals surface area contributed by atoms with Crippen molar-refractivity contribution in [2.75, 3.05) is 13.1 Å². The second kappa shape index (κ2) is 6.69. The lowest BCUT2D eigenvalue weighted by Gasteiger charge is -2.28. The first-order chi connectivity index (χ1) is 8.81. The van der Waals surface area contributed by atoms with Crippen LogP contribution in [0, 0.1) is 0 Å². The Bertz CT molecular complexity index is 416. The van der Waals surface area contributed by atoms with Gasteiger partial charge in [-0.05, 0) is 42.9 Å². The molecule has 0 aromatic heterocycles. The summed E-state index contributed by atoms with van der Waals surface area (Å²) in [6.45, 7) is 4.44. The van der Waals surface area contributed by atoms with Crippen LogP contribution in [-0.4, -0.2) is 23.0 Å². The minimum Gasteiger partial charge on any atom is -0.363 e. The quantitative estimate of drug-likeness (QED) is 0.588. The Hall–Kier alpha value is -1.15. The van der Waals surface area contributed by atoms with Gasteiger partial charge in [0.1, 0.15) is 4.99 Å². The van der Waals surface area contributed by atoms with E-state index in [0.29, 0.717) is 0 Å². The molecule has 0 unspecified atom stereocenters. The zero-order chi connectivity index (χ0) is 12.8. The number of thiocarbonyl (C=S) groups is 1. The van der Waals surface area contributed by atoms with Crippen LogP contribution in [0.15, 0.2) is 36.4 Å². The lowest BCUT2D eigenvalue weighted by molar-refractivity contribution is 0.348. The number of likely N-dealkylation sites (tertiary alicyclic amines) is 1. The van der Waals surface area contributed by atoms with Gasteiger partial charge in [-0.3, -0.25) is 0 Å². The van der Waals surface area contributed by atoms with E-state index in [2.05, 4.69) is 48.2 Å². The highest BCUT2D eigenvalue weighted by molar-refractivity contribution is 7.80. The van der Waals surface area contributed by atoms with E-state index < -0.39 is 0 Å². The molecule has 1 fully saturated rings. The molecule has 1 aromatic rings. The van der Waals surface area contributed by atoms with Crippen molar-refractivity contribution in [3.63, 3.8) is 0 Å². The Morgan fingerprint density at radius 3 is 2.44 bits per heavy atom. The number of rotatable bonds is 3. The molecule has 2 heteroatoms. The summed E-state index contributed by atoms with van der Waals surface area (Å²) in [5, 5.41) is 0. The summed E-state index contributed by atoms with van der Waals surface area (Å²) in [6, 6.07) is 10.5. The van der Waals surface area contributed by atoms with Gasteiger partial charge in [0.15, 0.2) is 0 Å². The van der Waals surface area contributed by atoms with Gasteiger partial charge in [0, 0.05) is 13.1 Å². The van der Waals surface area contributed by atoms with E-state index in [4.69, 9.17) is 12.2 Å². The lowest BCUT2D eigenvalue weighted by Crippen LogP contribution is -2.33. The van der Waals surface area contributed by atoms with Crippen LogP contribution in [-0.2, 0) is 0 Å². The van der Waals surface area contributed by atoms with E-state index in [1.165, 1.54) is 30.4 Å². The Kier molecular flexibility index (Phi) is 4.94. The molecule has 0 saturated carbocycles. The molecule has 0 atom stereocenters. The monoisotopic (exact) mass is 259 g/mol. The van der Waals surface area contributed by atoms with Crippen molar-refractivity contribution in [3.05, 3.63) is 42.0 Å². The maximum absolute atomic E-state index is 5.57. The van der Waals surface area contributed by atoms with Gasteiger partial charge in [0.25, 0.3) is 0 Å². The van der Waals surface area contributed by atoms with Crippen molar-refractivity contribution in [2.45, 2.75) is 32.6 Å². The van der Waals surface area contributed by atoms with Gasteiger partial charge in [0.2, 0.25) is 0 Å². The summed E-state index contributed by atoms with van der Waals surface area (Å²) >= 11 is 5.57. The number of benzene rings is 1. The number of piperidine rings is 1. The first-order valence-electron chi connectivity index (χ1n) is 6.86. The second-order valence-corrected chi connectivity index (χ2v) is 5.19. The van der Waals surface area contributed by atoms with Crippen molar-refractivity contribution in [3.8, 4) is 0 Å². The predicted molar refractivity (Wildman–Crippen MR) is 82.7 cm³/mol. The zero-order valence-corrected chi connectivity index (χ0v) is 11.9. The Labute approximate surface area is 116 Å². The van der Waals surface area contributed by atoms with Crippen molar-refractivity contribution in [1.82, 2.24) is 4.90 Å².